The average molecular weight is 428 g/mol. The van der Waals surface area contributed by atoms with Crippen molar-refractivity contribution in [2.45, 2.75) is 45.7 Å². The Labute approximate surface area is 171 Å². The minimum absolute atomic E-state index is 0.0896. The third-order valence-corrected chi connectivity index (χ3v) is 5.28. The van der Waals surface area contributed by atoms with Crippen LogP contribution < -0.4 is 5.32 Å². The lowest BCUT2D eigenvalue weighted by Gasteiger charge is -2.40. The van der Waals surface area contributed by atoms with Crippen LogP contribution in [-0.4, -0.2) is 24.5 Å². The van der Waals surface area contributed by atoms with Crippen molar-refractivity contribution in [3.63, 3.8) is 0 Å². The predicted octanol–water partition coefficient (Wildman–Crippen LogP) is 5.05. The lowest BCUT2D eigenvalue weighted by Crippen LogP contribution is -2.42. The summed E-state index contributed by atoms with van der Waals surface area (Å²) in [5.41, 5.74) is -1.52. The Hall–Kier alpha value is -2.28. The predicted molar refractivity (Wildman–Crippen MR) is 102 cm³/mol. The third kappa shape index (κ3) is 4.20. The Morgan fingerprint density at radius 3 is 2.41 bits per heavy atom. The van der Waals surface area contributed by atoms with Gasteiger partial charge < -0.3 is 10.1 Å². The van der Waals surface area contributed by atoms with Crippen LogP contribution in [-0.2, 0) is 14.3 Å². The Kier molecular flexibility index (Phi) is 5.56. The molecule has 0 amide bonds. The number of ketones is 1. The highest BCUT2D eigenvalue weighted by Crippen LogP contribution is 2.49. The molecule has 29 heavy (non-hydrogen) atoms. The van der Waals surface area contributed by atoms with Gasteiger partial charge in [0.1, 0.15) is 5.70 Å². The maximum absolute atomic E-state index is 13.9. The van der Waals surface area contributed by atoms with Crippen LogP contribution in [0.2, 0.25) is 5.02 Å². The van der Waals surface area contributed by atoms with Gasteiger partial charge in [0.15, 0.2) is 5.78 Å². The van der Waals surface area contributed by atoms with E-state index in [0.717, 1.165) is 0 Å². The number of nitrogens with one attached hydrogen (secondary N) is 1. The molecule has 8 heteroatoms. The van der Waals surface area contributed by atoms with Crippen LogP contribution in [0, 0.1) is 5.41 Å². The molecule has 1 aromatic rings. The first-order valence-corrected chi connectivity index (χ1v) is 9.59. The number of esters is 1. The van der Waals surface area contributed by atoms with E-state index < -0.39 is 34.7 Å². The molecule has 0 radical (unpaired) electrons. The van der Waals surface area contributed by atoms with Crippen molar-refractivity contribution >= 4 is 23.4 Å². The van der Waals surface area contributed by atoms with Gasteiger partial charge in [-0.2, -0.15) is 13.2 Å². The smallest absolute Gasteiger partial charge is 0.431 e. The summed E-state index contributed by atoms with van der Waals surface area (Å²) < 4.78 is 46.8. The summed E-state index contributed by atoms with van der Waals surface area (Å²) in [6, 6.07) is 6.10. The summed E-state index contributed by atoms with van der Waals surface area (Å²) in [7, 11) is 0. The second kappa shape index (κ2) is 7.52. The topological polar surface area (TPSA) is 55.4 Å². The van der Waals surface area contributed by atoms with Crippen LogP contribution in [0.4, 0.5) is 13.2 Å². The SMILES string of the molecule is CCOC(=O)C1=C(C(F)(F)F)NC2=C(C(=O)CC(C)(C)C2)C1c1ccc(Cl)cc1. The molecule has 1 aliphatic heterocycles. The second-order valence-electron chi connectivity index (χ2n) is 7.95. The molecule has 1 aromatic carbocycles. The number of hydrogen-bond acceptors (Lipinski definition) is 4. The summed E-state index contributed by atoms with van der Waals surface area (Å²) in [5, 5.41) is 2.76. The first-order chi connectivity index (χ1) is 13.4. The quantitative estimate of drug-likeness (QED) is 0.686. The molecule has 3 rings (SSSR count). The van der Waals surface area contributed by atoms with Crippen LogP contribution in [0.3, 0.4) is 0 Å². The van der Waals surface area contributed by atoms with Gasteiger partial charge in [-0.15, -0.1) is 0 Å². The van der Waals surface area contributed by atoms with Crippen LogP contribution >= 0.6 is 11.6 Å². The maximum atomic E-state index is 13.9. The molecular weight excluding hydrogens is 407 g/mol. The Bertz CT molecular complexity index is 914. The summed E-state index contributed by atoms with van der Waals surface area (Å²) in [5.74, 6) is -2.56. The number of rotatable bonds is 3. The lowest BCUT2D eigenvalue weighted by atomic mass is 9.68. The van der Waals surface area contributed by atoms with E-state index in [1.165, 1.54) is 31.2 Å². The van der Waals surface area contributed by atoms with Crippen LogP contribution in [0.25, 0.3) is 0 Å². The van der Waals surface area contributed by atoms with Crippen LogP contribution in [0.5, 0.6) is 0 Å². The fraction of sp³-hybridized carbons (Fsp3) is 0.429. The molecule has 156 valence electrons. The normalized spacial score (nSPS) is 21.6. The molecule has 0 bridgehead atoms. The number of dihydropyridines is 1. The van der Waals surface area contributed by atoms with Crippen molar-refractivity contribution < 1.29 is 27.5 Å². The standard InChI is InChI=1S/C21H21ClF3NO3/c1-4-29-19(28)17-15(11-5-7-12(22)8-6-11)16-13(26-18(17)21(23,24)25)9-20(2,3)10-14(16)27/h5-8,15,26H,4,9-10H2,1-3H3. The van der Waals surface area contributed by atoms with Gasteiger partial charge >= 0.3 is 12.1 Å². The zero-order chi connectivity index (χ0) is 21.6. The Morgan fingerprint density at radius 2 is 1.86 bits per heavy atom. The maximum Gasteiger partial charge on any atom is 0.431 e. The number of alkyl halides is 3. The number of carbonyl (C=O) groups excluding carboxylic acids is 2. The third-order valence-electron chi connectivity index (χ3n) is 5.02. The Morgan fingerprint density at radius 1 is 1.24 bits per heavy atom. The first kappa shape index (κ1) is 21.4. The highest BCUT2D eigenvalue weighted by molar-refractivity contribution is 6.30. The number of hydrogen-bond donors (Lipinski definition) is 1. The van der Waals surface area contributed by atoms with Gasteiger partial charge in [0.05, 0.1) is 12.2 Å². The molecule has 1 atom stereocenters. The molecule has 0 fully saturated rings. The fourth-order valence-electron chi connectivity index (χ4n) is 3.93. The van der Waals surface area contributed by atoms with Gasteiger partial charge in [0.2, 0.25) is 0 Å². The van der Waals surface area contributed by atoms with Crippen molar-refractivity contribution in [1.29, 1.82) is 0 Å². The summed E-state index contributed by atoms with van der Waals surface area (Å²) in [6.07, 6.45) is -4.39. The number of Topliss-reactive ketones (excluding diaryl/α,β-unsaturated/α-hetero) is 1. The molecule has 2 aliphatic rings. The van der Waals surface area contributed by atoms with Crippen LogP contribution in [0.1, 0.15) is 45.1 Å². The average Bonchev–Trinajstić information content (AvgIpc) is 2.59. The molecular formula is C21H21ClF3NO3. The molecule has 1 unspecified atom stereocenters. The second-order valence-corrected chi connectivity index (χ2v) is 8.39. The molecule has 1 aliphatic carbocycles. The van der Waals surface area contributed by atoms with E-state index in [1.54, 1.807) is 0 Å². The number of allylic oxidation sites excluding steroid dienone is 3. The van der Waals surface area contributed by atoms with E-state index in [-0.39, 0.29) is 36.5 Å². The largest absolute Gasteiger partial charge is 0.463 e. The minimum Gasteiger partial charge on any atom is -0.463 e. The van der Waals surface area contributed by atoms with Crippen LogP contribution in [0.15, 0.2) is 46.8 Å². The molecule has 1 N–H and O–H groups in total. The molecule has 0 spiro atoms. The van der Waals surface area contributed by atoms with E-state index in [9.17, 15) is 22.8 Å². The highest BCUT2D eigenvalue weighted by atomic mass is 35.5. The summed E-state index contributed by atoms with van der Waals surface area (Å²) >= 11 is 5.93. The summed E-state index contributed by atoms with van der Waals surface area (Å²) in [4.78, 5) is 25.6. The minimum atomic E-state index is -4.82. The number of carbonyl (C=O) groups is 2. The summed E-state index contributed by atoms with van der Waals surface area (Å²) in [6.45, 7) is 5.07. The molecule has 0 saturated carbocycles. The van der Waals surface area contributed by atoms with E-state index in [2.05, 4.69) is 5.32 Å². The zero-order valence-electron chi connectivity index (χ0n) is 16.2. The highest BCUT2D eigenvalue weighted by Gasteiger charge is 2.49. The monoisotopic (exact) mass is 427 g/mol. The lowest BCUT2D eigenvalue weighted by molar-refractivity contribution is -0.140. The number of halogens is 4. The molecule has 1 heterocycles. The Balaban J connectivity index is 2.28. The van der Waals surface area contributed by atoms with E-state index >= 15 is 0 Å². The fourth-order valence-corrected chi connectivity index (χ4v) is 4.05. The zero-order valence-corrected chi connectivity index (χ0v) is 17.0. The van der Waals surface area contributed by atoms with Gasteiger partial charge in [0, 0.05) is 28.6 Å². The van der Waals surface area contributed by atoms with Gasteiger partial charge in [-0.25, -0.2) is 4.79 Å². The number of ether oxygens (including phenoxy) is 1. The van der Waals surface area contributed by atoms with Crippen molar-refractivity contribution in [2.24, 2.45) is 5.41 Å². The number of benzene rings is 1. The van der Waals surface area contributed by atoms with E-state index in [4.69, 9.17) is 16.3 Å². The van der Waals surface area contributed by atoms with Crippen molar-refractivity contribution in [2.75, 3.05) is 6.61 Å². The van der Waals surface area contributed by atoms with Gasteiger partial charge in [-0.1, -0.05) is 37.6 Å². The first-order valence-electron chi connectivity index (χ1n) is 9.22. The van der Waals surface area contributed by atoms with E-state index in [0.29, 0.717) is 10.6 Å². The van der Waals surface area contributed by atoms with Gasteiger partial charge in [-0.3, -0.25) is 4.79 Å². The van der Waals surface area contributed by atoms with Crippen molar-refractivity contribution in [3.05, 3.63) is 57.4 Å². The van der Waals surface area contributed by atoms with Gasteiger partial charge in [0.25, 0.3) is 0 Å². The van der Waals surface area contributed by atoms with E-state index in [1.807, 2.05) is 13.8 Å². The molecule has 0 aromatic heterocycles. The molecule has 0 saturated heterocycles. The van der Waals surface area contributed by atoms with Crippen molar-refractivity contribution in [1.82, 2.24) is 5.32 Å². The molecule has 4 nitrogen and oxygen atoms in total. The van der Waals surface area contributed by atoms with Crippen molar-refractivity contribution in [3.8, 4) is 0 Å². The van der Waals surface area contributed by atoms with Gasteiger partial charge in [-0.05, 0) is 36.5 Å².